The lowest BCUT2D eigenvalue weighted by molar-refractivity contribution is -0.141. The summed E-state index contributed by atoms with van der Waals surface area (Å²) in [7, 11) is 0. The molecule has 128 valence electrons. The molecule has 1 N–H and O–H groups in total. The van der Waals surface area contributed by atoms with Crippen molar-refractivity contribution in [3.63, 3.8) is 0 Å². The van der Waals surface area contributed by atoms with Crippen molar-refractivity contribution in [2.45, 2.75) is 45.8 Å². The predicted octanol–water partition coefficient (Wildman–Crippen LogP) is 2.65. The normalized spacial score (nSPS) is 19.9. The Bertz CT molecular complexity index is 751. The summed E-state index contributed by atoms with van der Waals surface area (Å²) in [6.45, 7) is 7.18. The molecule has 0 radical (unpaired) electrons. The number of thiophene rings is 1. The van der Waals surface area contributed by atoms with Gasteiger partial charge in [-0.3, -0.25) is 9.48 Å². The summed E-state index contributed by atoms with van der Waals surface area (Å²) in [5.41, 5.74) is 2.07. The van der Waals surface area contributed by atoms with E-state index >= 15 is 0 Å². The van der Waals surface area contributed by atoms with E-state index in [1.165, 1.54) is 0 Å². The highest BCUT2D eigenvalue weighted by Crippen LogP contribution is 2.28. The van der Waals surface area contributed by atoms with Gasteiger partial charge in [0.2, 0.25) is 5.60 Å². The van der Waals surface area contributed by atoms with E-state index in [1.54, 1.807) is 18.3 Å². The first-order valence-corrected chi connectivity index (χ1v) is 8.94. The zero-order valence-electron chi connectivity index (χ0n) is 14.2. The minimum atomic E-state index is -0.919. The number of amides is 1. The zero-order valence-corrected chi connectivity index (χ0v) is 15.0. The maximum absolute atomic E-state index is 12.4. The van der Waals surface area contributed by atoms with Gasteiger partial charge < -0.3 is 10.2 Å². The SMILES string of the molecule is Cc1cc(C)n(CCCNC(=O)[C@@]2(C)CC(c3cccs3)=NO2)n1. The molecule has 3 rings (SSSR count). The Hall–Kier alpha value is -2.15. The molecule has 0 unspecified atom stereocenters. The molecule has 0 aromatic carbocycles. The van der Waals surface area contributed by atoms with Gasteiger partial charge in [-0.05, 0) is 44.7 Å². The van der Waals surface area contributed by atoms with Gasteiger partial charge in [-0.1, -0.05) is 11.2 Å². The topological polar surface area (TPSA) is 68.5 Å². The van der Waals surface area contributed by atoms with Crippen molar-refractivity contribution in [1.29, 1.82) is 0 Å². The van der Waals surface area contributed by atoms with Crippen LogP contribution in [0.25, 0.3) is 0 Å². The van der Waals surface area contributed by atoms with Gasteiger partial charge in [0.25, 0.3) is 5.91 Å². The van der Waals surface area contributed by atoms with E-state index in [1.807, 2.05) is 36.0 Å². The molecule has 3 heterocycles. The third-order valence-electron chi connectivity index (χ3n) is 4.08. The van der Waals surface area contributed by atoms with E-state index in [-0.39, 0.29) is 5.91 Å². The van der Waals surface area contributed by atoms with Crippen LogP contribution in [0.1, 0.15) is 36.0 Å². The monoisotopic (exact) mass is 346 g/mol. The summed E-state index contributed by atoms with van der Waals surface area (Å²) in [4.78, 5) is 18.9. The largest absolute Gasteiger partial charge is 0.379 e. The summed E-state index contributed by atoms with van der Waals surface area (Å²) >= 11 is 1.60. The smallest absolute Gasteiger partial charge is 0.267 e. The molecule has 0 spiro atoms. The van der Waals surface area contributed by atoms with Crippen LogP contribution < -0.4 is 5.32 Å². The number of rotatable bonds is 6. The zero-order chi connectivity index (χ0) is 17.2. The minimum absolute atomic E-state index is 0.119. The first-order chi connectivity index (χ1) is 11.5. The number of hydrogen-bond acceptors (Lipinski definition) is 5. The van der Waals surface area contributed by atoms with Gasteiger partial charge in [-0.2, -0.15) is 5.10 Å². The van der Waals surface area contributed by atoms with Crippen molar-refractivity contribution in [2.75, 3.05) is 6.54 Å². The quantitative estimate of drug-likeness (QED) is 0.818. The van der Waals surface area contributed by atoms with E-state index in [0.29, 0.717) is 13.0 Å². The Labute approximate surface area is 145 Å². The van der Waals surface area contributed by atoms with Crippen LogP contribution in [0.3, 0.4) is 0 Å². The number of aryl methyl sites for hydroxylation is 3. The standard InChI is InChI=1S/C17H22N4O2S/c1-12-10-13(2)21(19-12)8-5-7-18-16(22)17(3)11-14(20-23-17)15-6-4-9-24-15/h4,6,9-10H,5,7-8,11H2,1-3H3,(H,18,22)/t17-/m1/s1. The van der Waals surface area contributed by atoms with Gasteiger partial charge in [0, 0.05) is 25.2 Å². The average molecular weight is 346 g/mol. The van der Waals surface area contributed by atoms with Crippen LogP contribution in [0, 0.1) is 13.8 Å². The number of nitrogens with one attached hydrogen (secondary N) is 1. The van der Waals surface area contributed by atoms with Crippen molar-refractivity contribution in [2.24, 2.45) is 5.16 Å². The van der Waals surface area contributed by atoms with Crippen molar-refractivity contribution < 1.29 is 9.63 Å². The molecule has 0 saturated heterocycles. The van der Waals surface area contributed by atoms with Crippen LogP contribution >= 0.6 is 11.3 Å². The number of nitrogens with zero attached hydrogens (tertiary/aromatic N) is 3. The molecule has 1 aliphatic heterocycles. The molecule has 6 nitrogen and oxygen atoms in total. The fraction of sp³-hybridized carbons (Fsp3) is 0.471. The fourth-order valence-electron chi connectivity index (χ4n) is 2.76. The predicted molar refractivity (Wildman–Crippen MR) is 94.3 cm³/mol. The van der Waals surface area contributed by atoms with Crippen molar-refractivity contribution in [3.05, 3.63) is 39.8 Å². The lowest BCUT2D eigenvalue weighted by Crippen LogP contribution is -2.45. The number of hydrogen-bond donors (Lipinski definition) is 1. The van der Waals surface area contributed by atoms with Crippen LogP contribution in [-0.4, -0.2) is 33.5 Å². The minimum Gasteiger partial charge on any atom is -0.379 e. The molecule has 0 saturated carbocycles. The molecule has 0 fully saturated rings. The summed E-state index contributed by atoms with van der Waals surface area (Å²) in [6, 6.07) is 6.01. The van der Waals surface area contributed by atoms with E-state index in [0.717, 1.165) is 34.9 Å². The first-order valence-electron chi connectivity index (χ1n) is 8.06. The van der Waals surface area contributed by atoms with E-state index in [9.17, 15) is 4.79 Å². The Morgan fingerprint density at radius 2 is 2.33 bits per heavy atom. The Balaban J connectivity index is 1.46. The molecule has 2 aromatic heterocycles. The van der Waals surface area contributed by atoms with E-state index in [2.05, 4.69) is 21.6 Å². The molecule has 1 amide bonds. The second kappa shape index (κ2) is 6.76. The molecule has 24 heavy (non-hydrogen) atoms. The third-order valence-corrected chi connectivity index (χ3v) is 5.00. The molecule has 2 aromatic rings. The maximum atomic E-state index is 12.4. The van der Waals surface area contributed by atoms with Gasteiger partial charge >= 0.3 is 0 Å². The summed E-state index contributed by atoms with van der Waals surface area (Å²) in [5, 5.41) is 13.5. The average Bonchev–Trinajstić information content (AvgIpc) is 3.25. The molecular formula is C17H22N4O2S. The molecule has 7 heteroatoms. The second-order valence-corrected chi connectivity index (χ2v) is 7.22. The second-order valence-electron chi connectivity index (χ2n) is 6.27. The van der Waals surface area contributed by atoms with Crippen molar-refractivity contribution >= 4 is 23.0 Å². The maximum Gasteiger partial charge on any atom is 0.267 e. The number of carbonyl (C=O) groups is 1. The van der Waals surface area contributed by atoms with E-state index in [4.69, 9.17) is 4.84 Å². The van der Waals surface area contributed by atoms with Crippen LogP contribution in [-0.2, 0) is 16.2 Å². The Morgan fingerprint density at radius 1 is 1.50 bits per heavy atom. The fourth-order valence-corrected chi connectivity index (χ4v) is 3.46. The third kappa shape index (κ3) is 3.51. The van der Waals surface area contributed by atoms with Gasteiger partial charge in [0.05, 0.1) is 10.6 Å². The van der Waals surface area contributed by atoms with Gasteiger partial charge in [-0.25, -0.2) is 0 Å². The van der Waals surface area contributed by atoms with Gasteiger partial charge in [-0.15, -0.1) is 11.3 Å². The highest BCUT2D eigenvalue weighted by molar-refractivity contribution is 7.12. The van der Waals surface area contributed by atoms with E-state index < -0.39 is 5.60 Å². The highest BCUT2D eigenvalue weighted by Gasteiger charge is 2.42. The Kier molecular flexibility index (Phi) is 4.71. The van der Waals surface area contributed by atoms with Crippen LogP contribution in [0.5, 0.6) is 0 Å². The molecule has 0 aliphatic carbocycles. The summed E-state index contributed by atoms with van der Waals surface area (Å²) in [5.74, 6) is -0.119. The van der Waals surface area contributed by atoms with Gasteiger partial charge in [0.1, 0.15) is 5.71 Å². The van der Waals surface area contributed by atoms with Crippen molar-refractivity contribution in [1.82, 2.24) is 15.1 Å². The number of oxime groups is 1. The summed E-state index contributed by atoms with van der Waals surface area (Å²) < 4.78 is 1.97. The molecular weight excluding hydrogens is 324 g/mol. The van der Waals surface area contributed by atoms with Crippen LogP contribution in [0.4, 0.5) is 0 Å². The highest BCUT2D eigenvalue weighted by atomic mass is 32.1. The first kappa shape index (κ1) is 16.7. The Morgan fingerprint density at radius 3 is 3.00 bits per heavy atom. The van der Waals surface area contributed by atoms with Crippen LogP contribution in [0.15, 0.2) is 28.7 Å². The number of aromatic nitrogens is 2. The van der Waals surface area contributed by atoms with Crippen molar-refractivity contribution in [3.8, 4) is 0 Å². The molecule has 0 bridgehead atoms. The lowest BCUT2D eigenvalue weighted by atomic mass is 9.98. The summed E-state index contributed by atoms with van der Waals surface area (Å²) in [6.07, 6.45) is 1.32. The molecule has 1 atom stereocenters. The van der Waals surface area contributed by atoms with Crippen LogP contribution in [0.2, 0.25) is 0 Å². The number of carbonyl (C=O) groups excluding carboxylic acids is 1. The lowest BCUT2D eigenvalue weighted by Gasteiger charge is -2.20. The molecule has 1 aliphatic rings. The van der Waals surface area contributed by atoms with Gasteiger partial charge in [0.15, 0.2) is 0 Å².